The predicted molar refractivity (Wildman–Crippen MR) is 130 cm³/mol. The maximum atomic E-state index is 11.4. The Labute approximate surface area is 191 Å². The first-order valence-corrected chi connectivity index (χ1v) is 11.6. The molecule has 0 spiro atoms. The second kappa shape index (κ2) is 12.2. The molecule has 0 aliphatic heterocycles. The van der Waals surface area contributed by atoms with E-state index in [-0.39, 0.29) is 29.7 Å². The van der Waals surface area contributed by atoms with Crippen molar-refractivity contribution in [3.8, 4) is 0 Å². The van der Waals surface area contributed by atoms with Gasteiger partial charge >= 0.3 is 0 Å². The van der Waals surface area contributed by atoms with Crippen LogP contribution in [-0.4, -0.2) is 43.5 Å². The van der Waals surface area contributed by atoms with Crippen LogP contribution in [0.1, 0.15) is 35.9 Å². The van der Waals surface area contributed by atoms with E-state index in [1.54, 1.807) is 0 Å². The van der Waals surface area contributed by atoms with Gasteiger partial charge in [0.05, 0.1) is 18.0 Å². The van der Waals surface area contributed by atoms with Gasteiger partial charge in [-0.3, -0.25) is 4.68 Å². The molecule has 7 nitrogen and oxygen atoms in total. The Bertz CT molecular complexity index is 892. The molecule has 0 saturated heterocycles. The van der Waals surface area contributed by atoms with Crippen molar-refractivity contribution in [2.75, 3.05) is 19.3 Å². The highest BCUT2D eigenvalue weighted by atomic mass is 127. The van der Waals surface area contributed by atoms with E-state index in [1.165, 1.54) is 11.9 Å². The topological polar surface area (TPSA) is 88.4 Å². The minimum absolute atomic E-state index is 0. The number of aromatic nitrogens is 2. The molecule has 1 heterocycles. The number of rotatable bonds is 9. The highest BCUT2D eigenvalue weighted by Crippen LogP contribution is 2.09. The molecule has 1 aromatic heterocycles. The summed E-state index contributed by atoms with van der Waals surface area (Å²) in [7, 11) is -3.01. The Morgan fingerprint density at radius 1 is 1.14 bits per heavy atom. The zero-order valence-corrected chi connectivity index (χ0v) is 20.8. The third-order valence-corrected chi connectivity index (χ3v) is 5.02. The molecule has 0 aliphatic rings. The van der Waals surface area contributed by atoms with Gasteiger partial charge in [0.25, 0.3) is 0 Å². The van der Waals surface area contributed by atoms with Crippen molar-refractivity contribution in [3.05, 3.63) is 52.8 Å². The van der Waals surface area contributed by atoms with Gasteiger partial charge in [-0.25, -0.2) is 13.4 Å². The fourth-order valence-corrected chi connectivity index (χ4v) is 3.69. The molecule has 29 heavy (non-hydrogen) atoms. The standard InChI is InChI=1S/C20H31N5O2S.HI/c1-5-21-20(22-11-6-12-25-17(3)13-16(2)24-25)23-14-18-7-9-19(10-8-18)15-28(4,26)27;/h7-10,13H,5-6,11-12,14-15H2,1-4H3,(H2,21,22,23);1H. The number of sulfone groups is 1. The summed E-state index contributed by atoms with van der Waals surface area (Å²) in [6, 6.07) is 9.63. The van der Waals surface area contributed by atoms with Crippen LogP contribution in [0.5, 0.6) is 0 Å². The van der Waals surface area contributed by atoms with Crippen molar-refractivity contribution in [1.82, 2.24) is 20.4 Å². The molecule has 0 radical (unpaired) electrons. The van der Waals surface area contributed by atoms with Crippen molar-refractivity contribution in [2.45, 2.75) is 46.0 Å². The van der Waals surface area contributed by atoms with Gasteiger partial charge in [-0.1, -0.05) is 24.3 Å². The number of nitrogens with one attached hydrogen (secondary N) is 2. The number of hydrogen-bond acceptors (Lipinski definition) is 4. The van der Waals surface area contributed by atoms with Crippen LogP contribution in [0.15, 0.2) is 35.3 Å². The number of benzene rings is 1. The van der Waals surface area contributed by atoms with Crippen molar-refractivity contribution < 1.29 is 8.42 Å². The first-order valence-electron chi connectivity index (χ1n) is 9.55. The van der Waals surface area contributed by atoms with Crippen LogP contribution in [0.4, 0.5) is 0 Å². The van der Waals surface area contributed by atoms with E-state index in [0.29, 0.717) is 6.54 Å². The quantitative estimate of drug-likeness (QED) is 0.224. The molecule has 0 saturated carbocycles. The number of hydrogen-bond donors (Lipinski definition) is 2. The lowest BCUT2D eigenvalue weighted by molar-refractivity contribution is 0.555. The second-order valence-corrected chi connectivity index (χ2v) is 9.15. The van der Waals surface area contributed by atoms with E-state index in [0.717, 1.165) is 48.8 Å². The summed E-state index contributed by atoms with van der Waals surface area (Å²) in [6.07, 6.45) is 2.20. The molecule has 0 unspecified atom stereocenters. The fraction of sp³-hybridized carbons (Fsp3) is 0.500. The molecule has 0 amide bonds. The second-order valence-electron chi connectivity index (χ2n) is 7.01. The molecule has 1 aromatic carbocycles. The summed E-state index contributed by atoms with van der Waals surface area (Å²) < 4.78 is 24.8. The molecular weight excluding hydrogens is 501 g/mol. The maximum Gasteiger partial charge on any atom is 0.191 e. The average molecular weight is 533 g/mol. The molecular formula is C20H32IN5O2S. The van der Waals surface area contributed by atoms with Crippen LogP contribution in [0.25, 0.3) is 0 Å². The maximum absolute atomic E-state index is 11.4. The molecule has 0 bridgehead atoms. The van der Waals surface area contributed by atoms with Crippen LogP contribution in [-0.2, 0) is 28.7 Å². The molecule has 0 fully saturated rings. The van der Waals surface area contributed by atoms with E-state index < -0.39 is 9.84 Å². The number of guanidine groups is 1. The van der Waals surface area contributed by atoms with E-state index in [1.807, 2.05) is 42.8 Å². The van der Waals surface area contributed by atoms with Crippen LogP contribution in [0.2, 0.25) is 0 Å². The Balaban J connectivity index is 0.00000420. The van der Waals surface area contributed by atoms with Crippen molar-refractivity contribution in [2.24, 2.45) is 4.99 Å². The summed E-state index contributed by atoms with van der Waals surface area (Å²) in [5, 5.41) is 11.1. The van der Waals surface area contributed by atoms with Gasteiger partial charge in [0.1, 0.15) is 0 Å². The Morgan fingerprint density at radius 2 is 1.79 bits per heavy atom. The third kappa shape index (κ3) is 9.62. The van der Waals surface area contributed by atoms with Crippen molar-refractivity contribution in [1.29, 1.82) is 0 Å². The van der Waals surface area contributed by atoms with Gasteiger partial charge in [-0.15, -0.1) is 24.0 Å². The monoisotopic (exact) mass is 533 g/mol. The lowest BCUT2D eigenvalue weighted by atomic mass is 10.1. The zero-order valence-electron chi connectivity index (χ0n) is 17.6. The molecule has 9 heteroatoms. The Kier molecular flexibility index (Phi) is 10.7. The minimum atomic E-state index is -3.01. The zero-order chi connectivity index (χ0) is 20.6. The third-order valence-electron chi connectivity index (χ3n) is 4.16. The summed E-state index contributed by atoms with van der Waals surface area (Å²) in [6.45, 7) is 9.10. The number of aliphatic imine (C=N–C) groups is 1. The predicted octanol–water partition coefficient (Wildman–Crippen LogP) is 2.81. The van der Waals surface area contributed by atoms with E-state index >= 15 is 0 Å². The average Bonchev–Trinajstić information content (AvgIpc) is 2.93. The first-order chi connectivity index (χ1) is 13.3. The van der Waals surface area contributed by atoms with E-state index in [4.69, 9.17) is 0 Å². The number of halogens is 1. The van der Waals surface area contributed by atoms with E-state index in [9.17, 15) is 8.42 Å². The van der Waals surface area contributed by atoms with E-state index in [2.05, 4.69) is 33.7 Å². The lowest BCUT2D eigenvalue weighted by Gasteiger charge is -2.12. The van der Waals surface area contributed by atoms with Gasteiger partial charge in [-0.05, 0) is 44.4 Å². The highest BCUT2D eigenvalue weighted by molar-refractivity contribution is 14.0. The van der Waals surface area contributed by atoms with Gasteiger partial charge in [0.15, 0.2) is 15.8 Å². The highest BCUT2D eigenvalue weighted by Gasteiger charge is 2.05. The smallest absolute Gasteiger partial charge is 0.191 e. The van der Waals surface area contributed by atoms with Crippen LogP contribution < -0.4 is 10.6 Å². The summed E-state index contributed by atoms with van der Waals surface area (Å²) in [4.78, 5) is 4.61. The molecule has 162 valence electrons. The molecule has 0 atom stereocenters. The van der Waals surface area contributed by atoms with Crippen LogP contribution >= 0.6 is 24.0 Å². The largest absolute Gasteiger partial charge is 0.357 e. The summed E-state index contributed by atoms with van der Waals surface area (Å²) in [5.41, 5.74) is 4.06. The van der Waals surface area contributed by atoms with Crippen molar-refractivity contribution >= 4 is 39.8 Å². The lowest BCUT2D eigenvalue weighted by Crippen LogP contribution is -2.38. The Morgan fingerprint density at radius 3 is 2.34 bits per heavy atom. The number of aryl methyl sites for hydroxylation is 3. The summed E-state index contributed by atoms with van der Waals surface area (Å²) >= 11 is 0. The first kappa shape index (κ1) is 25.4. The summed E-state index contributed by atoms with van der Waals surface area (Å²) in [5.74, 6) is 0.840. The van der Waals surface area contributed by atoms with Crippen LogP contribution in [0, 0.1) is 13.8 Å². The van der Waals surface area contributed by atoms with Crippen molar-refractivity contribution in [3.63, 3.8) is 0 Å². The molecule has 2 aromatic rings. The van der Waals surface area contributed by atoms with Crippen LogP contribution in [0.3, 0.4) is 0 Å². The van der Waals surface area contributed by atoms with Gasteiger partial charge in [0.2, 0.25) is 0 Å². The van der Waals surface area contributed by atoms with Gasteiger partial charge in [0, 0.05) is 31.6 Å². The van der Waals surface area contributed by atoms with Gasteiger partial charge < -0.3 is 10.6 Å². The van der Waals surface area contributed by atoms with Gasteiger partial charge in [-0.2, -0.15) is 5.10 Å². The SMILES string of the molecule is CCNC(=NCc1ccc(CS(C)(=O)=O)cc1)NCCCn1nc(C)cc1C.I. The normalized spacial score (nSPS) is 11.8. The molecule has 2 N–H and O–H groups in total. The Hall–Kier alpha value is -1.62. The minimum Gasteiger partial charge on any atom is -0.357 e. The fourth-order valence-electron chi connectivity index (χ4n) is 2.89. The molecule has 2 rings (SSSR count). The number of nitrogens with zero attached hydrogens (tertiary/aromatic N) is 3. The molecule has 0 aliphatic carbocycles.